The van der Waals surface area contributed by atoms with Gasteiger partial charge in [-0.15, -0.1) is 0 Å². The van der Waals surface area contributed by atoms with Crippen molar-refractivity contribution in [2.45, 2.75) is 19.6 Å². The van der Waals surface area contributed by atoms with Gasteiger partial charge in [-0.2, -0.15) is 0 Å². The summed E-state index contributed by atoms with van der Waals surface area (Å²) in [5, 5.41) is 0.660. The monoisotopic (exact) mass is 213 g/mol. The van der Waals surface area contributed by atoms with Gasteiger partial charge in [0.2, 0.25) is 0 Å². The minimum atomic E-state index is -0.581. The average Bonchev–Trinajstić information content (AvgIpc) is 2.16. The molecular weight excluding hydrogens is 202 g/mol. The maximum Gasteiger partial charge on any atom is 0.322 e. The van der Waals surface area contributed by atoms with Crippen LogP contribution in [0.5, 0.6) is 0 Å². The van der Waals surface area contributed by atoms with Crippen LogP contribution in [0, 0.1) is 0 Å². The van der Waals surface area contributed by atoms with Crippen LogP contribution in [0.3, 0.4) is 0 Å². The Kier molecular flexibility index (Phi) is 3.92. The highest BCUT2D eigenvalue weighted by Crippen LogP contribution is 2.10. The molecule has 0 aromatic heterocycles. The number of carbonyl (C=O) groups is 1. The Balaban J connectivity index is 2.46. The standard InChI is InChI=1S/C10H12ClNO2/c1-7(12)10(13)14-6-8-2-4-9(11)5-3-8/h2-5,7H,6,12H2,1H3/t7-/m1/s1. The number of rotatable bonds is 3. The van der Waals surface area contributed by atoms with E-state index in [0.29, 0.717) is 5.02 Å². The molecule has 0 radical (unpaired) electrons. The Bertz CT molecular complexity index is 308. The van der Waals surface area contributed by atoms with Gasteiger partial charge in [-0.25, -0.2) is 0 Å². The zero-order valence-electron chi connectivity index (χ0n) is 7.87. The van der Waals surface area contributed by atoms with E-state index >= 15 is 0 Å². The minimum absolute atomic E-state index is 0.234. The van der Waals surface area contributed by atoms with Crippen LogP contribution in [-0.4, -0.2) is 12.0 Å². The van der Waals surface area contributed by atoms with E-state index in [4.69, 9.17) is 22.1 Å². The van der Waals surface area contributed by atoms with E-state index in [-0.39, 0.29) is 6.61 Å². The molecule has 0 saturated heterocycles. The van der Waals surface area contributed by atoms with Crippen molar-refractivity contribution in [3.05, 3.63) is 34.9 Å². The smallest absolute Gasteiger partial charge is 0.322 e. The summed E-state index contributed by atoms with van der Waals surface area (Å²) in [5.74, 6) is -0.403. The fourth-order valence-electron chi connectivity index (χ4n) is 0.867. The van der Waals surface area contributed by atoms with Gasteiger partial charge in [0.1, 0.15) is 12.6 Å². The number of benzene rings is 1. The number of hydrogen-bond acceptors (Lipinski definition) is 3. The quantitative estimate of drug-likeness (QED) is 0.778. The van der Waals surface area contributed by atoms with Crippen molar-refractivity contribution in [2.24, 2.45) is 5.73 Å². The molecule has 0 amide bonds. The van der Waals surface area contributed by atoms with Gasteiger partial charge < -0.3 is 10.5 Å². The maximum absolute atomic E-state index is 11.0. The molecule has 2 N–H and O–H groups in total. The van der Waals surface area contributed by atoms with Gasteiger partial charge in [-0.3, -0.25) is 4.79 Å². The minimum Gasteiger partial charge on any atom is -0.460 e. The number of nitrogens with two attached hydrogens (primary N) is 1. The van der Waals surface area contributed by atoms with Gasteiger partial charge in [-0.1, -0.05) is 23.7 Å². The van der Waals surface area contributed by atoms with Crippen LogP contribution >= 0.6 is 11.6 Å². The third-order valence-corrected chi connectivity index (χ3v) is 1.92. The summed E-state index contributed by atoms with van der Waals surface area (Å²) in [6.45, 7) is 1.82. The lowest BCUT2D eigenvalue weighted by Gasteiger charge is -2.06. The van der Waals surface area contributed by atoms with Gasteiger partial charge in [0.05, 0.1) is 0 Å². The first-order valence-electron chi connectivity index (χ1n) is 4.26. The molecule has 0 saturated carbocycles. The normalized spacial score (nSPS) is 12.2. The highest BCUT2D eigenvalue weighted by molar-refractivity contribution is 6.30. The van der Waals surface area contributed by atoms with E-state index in [0.717, 1.165) is 5.56 Å². The Morgan fingerprint density at radius 3 is 2.57 bits per heavy atom. The van der Waals surface area contributed by atoms with Crippen molar-refractivity contribution in [1.29, 1.82) is 0 Å². The third-order valence-electron chi connectivity index (χ3n) is 1.67. The van der Waals surface area contributed by atoms with Gasteiger partial charge in [-0.05, 0) is 24.6 Å². The molecule has 0 bridgehead atoms. The maximum atomic E-state index is 11.0. The van der Waals surface area contributed by atoms with Crippen molar-refractivity contribution in [3.63, 3.8) is 0 Å². The third kappa shape index (κ3) is 3.36. The van der Waals surface area contributed by atoms with Gasteiger partial charge in [0.25, 0.3) is 0 Å². The van der Waals surface area contributed by atoms with Crippen LogP contribution < -0.4 is 5.73 Å². The predicted octanol–water partition coefficient (Wildman–Crippen LogP) is 1.73. The molecule has 0 aliphatic heterocycles. The highest BCUT2D eigenvalue weighted by atomic mass is 35.5. The Labute approximate surface area is 87.8 Å². The molecule has 4 heteroatoms. The number of carbonyl (C=O) groups excluding carboxylic acids is 1. The molecule has 0 heterocycles. The largest absolute Gasteiger partial charge is 0.460 e. The summed E-state index contributed by atoms with van der Waals surface area (Å²) >= 11 is 5.70. The SMILES string of the molecule is C[C@@H](N)C(=O)OCc1ccc(Cl)cc1. The second-order valence-electron chi connectivity index (χ2n) is 3.02. The summed E-state index contributed by atoms with van der Waals surface area (Å²) in [6.07, 6.45) is 0. The van der Waals surface area contributed by atoms with E-state index in [1.165, 1.54) is 0 Å². The highest BCUT2D eigenvalue weighted by Gasteiger charge is 2.08. The molecule has 14 heavy (non-hydrogen) atoms. The fraction of sp³-hybridized carbons (Fsp3) is 0.300. The molecule has 1 aromatic carbocycles. The molecule has 1 aromatic rings. The van der Waals surface area contributed by atoms with Crippen molar-refractivity contribution in [2.75, 3.05) is 0 Å². The molecule has 1 atom stereocenters. The zero-order valence-corrected chi connectivity index (χ0v) is 8.62. The molecule has 1 rings (SSSR count). The first-order chi connectivity index (χ1) is 6.59. The predicted molar refractivity (Wildman–Crippen MR) is 54.9 cm³/mol. The number of esters is 1. The van der Waals surface area contributed by atoms with Crippen LogP contribution in [0.25, 0.3) is 0 Å². The van der Waals surface area contributed by atoms with Crippen molar-refractivity contribution in [3.8, 4) is 0 Å². The second-order valence-corrected chi connectivity index (χ2v) is 3.46. The molecule has 0 unspecified atom stereocenters. The van der Waals surface area contributed by atoms with E-state index in [2.05, 4.69) is 0 Å². The van der Waals surface area contributed by atoms with Crippen molar-refractivity contribution in [1.82, 2.24) is 0 Å². The molecule has 0 fully saturated rings. The van der Waals surface area contributed by atoms with Crippen LogP contribution in [0.15, 0.2) is 24.3 Å². The molecule has 0 aliphatic carbocycles. The summed E-state index contributed by atoms with van der Waals surface area (Å²) < 4.78 is 4.92. The lowest BCUT2D eigenvalue weighted by atomic mass is 10.2. The topological polar surface area (TPSA) is 52.3 Å². The first-order valence-corrected chi connectivity index (χ1v) is 4.64. The lowest BCUT2D eigenvalue weighted by molar-refractivity contribution is -0.146. The Morgan fingerprint density at radius 2 is 2.07 bits per heavy atom. The first kappa shape index (κ1) is 11.0. The van der Waals surface area contributed by atoms with Gasteiger partial charge in [0.15, 0.2) is 0 Å². The lowest BCUT2D eigenvalue weighted by Crippen LogP contribution is -2.28. The Morgan fingerprint density at radius 1 is 1.50 bits per heavy atom. The van der Waals surface area contributed by atoms with E-state index in [1.807, 2.05) is 0 Å². The van der Waals surface area contributed by atoms with Crippen LogP contribution in [0.2, 0.25) is 5.02 Å². The molecule has 76 valence electrons. The number of hydrogen-bond donors (Lipinski definition) is 1. The summed E-state index contributed by atoms with van der Waals surface area (Å²) in [4.78, 5) is 11.0. The summed E-state index contributed by atoms with van der Waals surface area (Å²) in [5.41, 5.74) is 6.22. The molecule has 0 aliphatic rings. The van der Waals surface area contributed by atoms with Crippen molar-refractivity contribution >= 4 is 17.6 Å². The summed E-state index contributed by atoms with van der Waals surface area (Å²) in [7, 11) is 0. The molecular formula is C10H12ClNO2. The number of ether oxygens (including phenoxy) is 1. The molecule has 3 nitrogen and oxygen atoms in total. The average molecular weight is 214 g/mol. The number of halogens is 1. The second kappa shape index (κ2) is 4.98. The van der Waals surface area contributed by atoms with Crippen molar-refractivity contribution < 1.29 is 9.53 Å². The summed E-state index contributed by atoms with van der Waals surface area (Å²) in [6, 6.07) is 6.52. The Hall–Kier alpha value is -1.06. The zero-order chi connectivity index (χ0) is 10.6. The van der Waals surface area contributed by atoms with Crippen LogP contribution in [0.4, 0.5) is 0 Å². The van der Waals surface area contributed by atoms with E-state index in [9.17, 15) is 4.79 Å². The van der Waals surface area contributed by atoms with Gasteiger partial charge in [0, 0.05) is 5.02 Å². The van der Waals surface area contributed by atoms with E-state index in [1.54, 1.807) is 31.2 Å². The molecule has 0 spiro atoms. The van der Waals surface area contributed by atoms with Gasteiger partial charge >= 0.3 is 5.97 Å². The van der Waals surface area contributed by atoms with E-state index < -0.39 is 12.0 Å². The van der Waals surface area contributed by atoms with Crippen LogP contribution in [0.1, 0.15) is 12.5 Å². The van der Waals surface area contributed by atoms with Crippen LogP contribution in [-0.2, 0) is 16.1 Å². The fourth-order valence-corrected chi connectivity index (χ4v) is 0.993.